The second kappa shape index (κ2) is 7.96. The van der Waals surface area contributed by atoms with E-state index in [1.165, 1.54) is 6.33 Å². The highest BCUT2D eigenvalue weighted by Gasteiger charge is 2.35. The Bertz CT molecular complexity index is 1420. The van der Waals surface area contributed by atoms with E-state index in [1.807, 2.05) is 10.7 Å². The van der Waals surface area contributed by atoms with Crippen molar-refractivity contribution in [3.63, 3.8) is 0 Å². The van der Waals surface area contributed by atoms with Gasteiger partial charge in [-0.1, -0.05) is 18.2 Å². The zero-order chi connectivity index (χ0) is 23.3. The highest BCUT2D eigenvalue weighted by Crippen LogP contribution is 2.37. The summed E-state index contributed by atoms with van der Waals surface area (Å²) in [4.78, 5) is 11.0. The maximum atomic E-state index is 10.1. The lowest BCUT2D eigenvalue weighted by Gasteiger charge is -2.35. The first-order valence-corrected chi connectivity index (χ1v) is 11.8. The average molecular weight is 454 g/mol. The quantitative estimate of drug-likeness (QED) is 0.487. The van der Waals surface area contributed by atoms with Crippen LogP contribution in [0, 0.1) is 16.7 Å². The number of hydrogen-bond donors (Lipinski definition) is 1. The standard InChI is InChI=1S/C26H27N7O/c1-32-10-8-26(14-27,9-11-32)15-33-25-22(24(28)29-16-30-25)23(31-33)19-3-2-18-13-21(34-20-6-7-20)5-4-17(18)12-19/h2-5,12-13,16,20H,6-11,15H2,1H3,(H2,28,29,30). The third-order valence-electron chi connectivity index (χ3n) is 7.10. The summed E-state index contributed by atoms with van der Waals surface area (Å²) in [7, 11) is 2.09. The lowest BCUT2D eigenvalue weighted by atomic mass is 9.80. The van der Waals surface area contributed by atoms with Crippen LogP contribution in [0.2, 0.25) is 0 Å². The molecule has 3 heterocycles. The van der Waals surface area contributed by atoms with Gasteiger partial charge in [-0.25, -0.2) is 14.6 Å². The molecular formula is C26H27N7O. The van der Waals surface area contributed by atoms with Gasteiger partial charge in [0.1, 0.15) is 23.6 Å². The number of nitrogen functional groups attached to an aromatic ring is 1. The number of likely N-dealkylation sites (tertiary alicyclic amines) is 1. The third kappa shape index (κ3) is 3.72. The van der Waals surface area contributed by atoms with E-state index in [2.05, 4.69) is 58.3 Å². The van der Waals surface area contributed by atoms with Crippen molar-refractivity contribution < 1.29 is 4.74 Å². The van der Waals surface area contributed by atoms with Gasteiger partial charge in [-0.05, 0) is 74.8 Å². The number of anilines is 1. The highest BCUT2D eigenvalue weighted by molar-refractivity contribution is 6.00. The van der Waals surface area contributed by atoms with Crippen LogP contribution in [0.5, 0.6) is 5.75 Å². The summed E-state index contributed by atoms with van der Waals surface area (Å²) in [6.45, 7) is 2.28. The van der Waals surface area contributed by atoms with Crippen molar-refractivity contribution in [2.75, 3.05) is 25.9 Å². The van der Waals surface area contributed by atoms with Crippen LogP contribution in [0.1, 0.15) is 25.7 Å². The van der Waals surface area contributed by atoms with E-state index in [1.54, 1.807) is 0 Å². The summed E-state index contributed by atoms with van der Waals surface area (Å²) in [5.41, 5.74) is 8.21. The molecule has 0 amide bonds. The summed E-state index contributed by atoms with van der Waals surface area (Å²) in [6.07, 6.45) is 5.72. The maximum absolute atomic E-state index is 10.1. The van der Waals surface area contributed by atoms with Crippen LogP contribution in [0.3, 0.4) is 0 Å². The molecular weight excluding hydrogens is 426 g/mol. The molecule has 6 rings (SSSR count). The molecule has 0 atom stereocenters. The Morgan fingerprint density at radius 2 is 1.88 bits per heavy atom. The van der Waals surface area contributed by atoms with Gasteiger partial charge in [0.25, 0.3) is 0 Å². The first-order valence-electron chi connectivity index (χ1n) is 11.8. The van der Waals surface area contributed by atoms with Crippen LogP contribution in [0.25, 0.3) is 33.1 Å². The van der Waals surface area contributed by atoms with Crippen LogP contribution < -0.4 is 10.5 Å². The largest absolute Gasteiger partial charge is 0.490 e. The minimum Gasteiger partial charge on any atom is -0.490 e. The topological polar surface area (TPSA) is 106 Å². The Morgan fingerprint density at radius 3 is 2.65 bits per heavy atom. The van der Waals surface area contributed by atoms with Crippen LogP contribution >= 0.6 is 0 Å². The number of rotatable bonds is 5. The fraction of sp³-hybridized carbons (Fsp3) is 0.385. The van der Waals surface area contributed by atoms with Crippen LogP contribution in [-0.2, 0) is 6.54 Å². The number of nitriles is 1. The van der Waals surface area contributed by atoms with Crippen molar-refractivity contribution in [2.45, 2.75) is 38.3 Å². The van der Waals surface area contributed by atoms with E-state index in [-0.39, 0.29) is 0 Å². The molecule has 0 spiro atoms. The molecule has 1 saturated heterocycles. The number of fused-ring (bicyclic) bond motifs is 2. The van der Waals surface area contributed by atoms with Crippen molar-refractivity contribution in [3.05, 3.63) is 42.7 Å². The average Bonchev–Trinajstić information content (AvgIpc) is 3.60. The highest BCUT2D eigenvalue weighted by atomic mass is 16.5. The zero-order valence-corrected chi connectivity index (χ0v) is 19.2. The lowest BCUT2D eigenvalue weighted by molar-refractivity contribution is 0.150. The molecule has 2 fully saturated rings. The molecule has 172 valence electrons. The van der Waals surface area contributed by atoms with Gasteiger partial charge in [-0.2, -0.15) is 10.4 Å². The summed E-state index contributed by atoms with van der Waals surface area (Å²) < 4.78 is 7.80. The van der Waals surface area contributed by atoms with Crippen molar-refractivity contribution in [1.82, 2.24) is 24.6 Å². The number of benzene rings is 2. The predicted molar refractivity (Wildman–Crippen MR) is 131 cm³/mol. The summed E-state index contributed by atoms with van der Waals surface area (Å²) in [6, 6.07) is 15.0. The van der Waals surface area contributed by atoms with Gasteiger partial charge in [-0.3, -0.25) is 0 Å². The summed E-state index contributed by atoms with van der Waals surface area (Å²) in [5, 5.41) is 18.0. The maximum Gasteiger partial charge on any atom is 0.164 e. The van der Waals surface area contributed by atoms with E-state index in [0.29, 0.717) is 24.1 Å². The number of ether oxygens (including phenoxy) is 1. The van der Waals surface area contributed by atoms with E-state index in [9.17, 15) is 5.26 Å². The number of nitrogens with two attached hydrogens (primary N) is 1. The molecule has 0 bridgehead atoms. The van der Waals surface area contributed by atoms with E-state index < -0.39 is 5.41 Å². The van der Waals surface area contributed by atoms with Gasteiger partial charge >= 0.3 is 0 Å². The molecule has 2 N–H and O–H groups in total. The molecule has 2 aromatic heterocycles. The van der Waals surface area contributed by atoms with Crippen molar-refractivity contribution in [1.29, 1.82) is 5.26 Å². The Balaban J connectivity index is 1.41. The second-order valence-corrected chi connectivity index (χ2v) is 9.70. The third-order valence-corrected chi connectivity index (χ3v) is 7.10. The van der Waals surface area contributed by atoms with E-state index >= 15 is 0 Å². The molecule has 34 heavy (non-hydrogen) atoms. The predicted octanol–water partition coefficient (Wildman–Crippen LogP) is 4.01. The minimum absolute atomic E-state index is 0.372. The van der Waals surface area contributed by atoms with Crippen LogP contribution in [0.15, 0.2) is 42.7 Å². The van der Waals surface area contributed by atoms with Crippen molar-refractivity contribution >= 4 is 27.6 Å². The molecule has 8 heteroatoms. The monoisotopic (exact) mass is 453 g/mol. The molecule has 2 aliphatic rings. The van der Waals surface area contributed by atoms with Gasteiger partial charge in [-0.15, -0.1) is 0 Å². The van der Waals surface area contributed by atoms with E-state index in [4.69, 9.17) is 15.6 Å². The normalized spacial score (nSPS) is 18.2. The Morgan fingerprint density at radius 1 is 1.12 bits per heavy atom. The number of piperidine rings is 1. The first-order chi connectivity index (χ1) is 16.5. The first kappa shape index (κ1) is 20.9. The molecule has 0 radical (unpaired) electrons. The SMILES string of the molecule is CN1CCC(C#N)(Cn2nc(-c3ccc4cc(OC5CC5)ccc4c3)c3c(N)ncnc32)CC1. The van der Waals surface area contributed by atoms with Crippen molar-refractivity contribution in [3.8, 4) is 23.1 Å². The van der Waals surface area contributed by atoms with Gasteiger partial charge < -0.3 is 15.4 Å². The molecule has 0 unspecified atom stereocenters. The summed E-state index contributed by atoms with van der Waals surface area (Å²) in [5.74, 6) is 1.31. The number of nitrogens with zero attached hydrogens (tertiary/aromatic N) is 6. The molecule has 1 aliphatic heterocycles. The number of aromatic nitrogens is 4. The molecule has 1 aliphatic carbocycles. The van der Waals surface area contributed by atoms with E-state index in [0.717, 1.165) is 71.9 Å². The smallest absolute Gasteiger partial charge is 0.164 e. The lowest BCUT2D eigenvalue weighted by Crippen LogP contribution is -2.39. The zero-order valence-electron chi connectivity index (χ0n) is 19.2. The van der Waals surface area contributed by atoms with Crippen molar-refractivity contribution in [2.24, 2.45) is 5.41 Å². The minimum atomic E-state index is -0.468. The molecule has 4 aromatic rings. The molecule has 2 aromatic carbocycles. The molecule has 8 nitrogen and oxygen atoms in total. The van der Waals surface area contributed by atoms with Gasteiger partial charge in [0, 0.05) is 5.56 Å². The van der Waals surface area contributed by atoms with Gasteiger partial charge in [0.15, 0.2) is 5.65 Å². The fourth-order valence-electron chi connectivity index (χ4n) is 4.80. The van der Waals surface area contributed by atoms with Gasteiger partial charge in [0.05, 0.1) is 29.5 Å². The van der Waals surface area contributed by atoms with Crippen LogP contribution in [0.4, 0.5) is 5.82 Å². The Hall–Kier alpha value is -3.70. The molecule has 1 saturated carbocycles. The van der Waals surface area contributed by atoms with Crippen LogP contribution in [-0.4, -0.2) is 50.9 Å². The Labute approximate surface area is 198 Å². The summed E-state index contributed by atoms with van der Waals surface area (Å²) >= 11 is 0. The fourth-order valence-corrected chi connectivity index (χ4v) is 4.80. The number of hydrogen-bond acceptors (Lipinski definition) is 7. The Kier molecular flexibility index (Phi) is 4.89. The second-order valence-electron chi connectivity index (χ2n) is 9.70. The van der Waals surface area contributed by atoms with Gasteiger partial charge in [0.2, 0.25) is 0 Å².